The van der Waals surface area contributed by atoms with Crippen LogP contribution in [0.15, 0.2) is 35.1 Å². The Hall–Kier alpha value is -0.870. The first-order valence-corrected chi connectivity index (χ1v) is 5.20. The number of nitrogens with zero attached hydrogens (tertiary/aromatic N) is 3. The average Bonchev–Trinajstić information content (AvgIpc) is 2.52. The maximum Gasteiger partial charge on any atom is 0.225 e. The Kier molecular flexibility index (Phi) is 2.84. The van der Waals surface area contributed by atoms with E-state index in [9.17, 15) is 0 Å². The highest BCUT2D eigenvalue weighted by molar-refractivity contribution is 9.10. The number of aromatic nitrogens is 3. The number of benzene rings is 1. The van der Waals surface area contributed by atoms with Crippen molar-refractivity contribution in [2.75, 3.05) is 0 Å². The highest BCUT2D eigenvalue weighted by atomic mass is 79.9. The highest BCUT2D eigenvalue weighted by Crippen LogP contribution is 2.14. The third kappa shape index (κ3) is 2.13. The largest absolute Gasteiger partial charge is 0.300 e. The van der Waals surface area contributed by atoms with Crippen LogP contribution < -0.4 is 0 Å². The number of hydrogen-bond donors (Lipinski definition) is 0. The van der Waals surface area contributed by atoms with E-state index in [1.54, 1.807) is 10.9 Å². The van der Waals surface area contributed by atoms with Crippen LogP contribution in [0.4, 0.5) is 0 Å². The van der Waals surface area contributed by atoms with Gasteiger partial charge in [-0.15, -0.1) is 10.2 Å². The standard InChI is InChI=1S/C9H7BrClN3/c10-8-3-1-2-7(4-8)5-14-6-12-13-9(14)11/h1-4,6H,5H2. The zero-order valence-electron chi connectivity index (χ0n) is 7.19. The Bertz CT molecular complexity index is 441. The van der Waals surface area contributed by atoms with Gasteiger partial charge >= 0.3 is 0 Å². The molecule has 0 saturated heterocycles. The normalized spacial score (nSPS) is 10.4. The second-order valence-electron chi connectivity index (χ2n) is 2.86. The molecule has 0 atom stereocenters. The molecular formula is C9H7BrClN3. The predicted molar refractivity (Wildman–Crippen MR) is 58.3 cm³/mol. The van der Waals surface area contributed by atoms with Crippen LogP contribution in [-0.4, -0.2) is 14.8 Å². The Morgan fingerprint density at radius 1 is 1.43 bits per heavy atom. The Labute approximate surface area is 94.9 Å². The zero-order valence-corrected chi connectivity index (χ0v) is 9.53. The first-order chi connectivity index (χ1) is 6.75. The van der Waals surface area contributed by atoms with Crippen molar-refractivity contribution in [1.29, 1.82) is 0 Å². The van der Waals surface area contributed by atoms with Gasteiger partial charge in [-0.1, -0.05) is 28.1 Å². The first kappa shape index (κ1) is 9.68. The first-order valence-electron chi connectivity index (χ1n) is 4.03. The minimum Gasteiger partial charge on any atom is -0.300 e. The molecule has 0 unspecified atom stereocenters. The van der Waals surface area contributed by atoms with Gasteiger partial charge in [0.1, 0.15) is 6.33 Å². The summed E-state index contributed by atoms with van der Waals surface area (Å²) in [4.78, 5) is 0. The van der Waals surface area contributed by atoms with Crippen molar-refractivity contribution in [1.82, 2.24) is 14.8 Å². The topological polar surface area (TPSA) is 30.7 Å². The summed E-state index contributed by atoms with van der Waals surface area (Å²) in [7, 11) is 0. The molecule has 1 aromatic carbocycles. The minimum atomic E-state index is 0.407. The van der Waals surface area contributed by atoms with Gasteiger partial charge in [0.15, 0.2) is 0 Å². The fraction of sp³-hybridized carbons (Fsp3) is 0.111. The molecule has 2 rings (SSSR count). The van der Waals surface area contributed by atoms with E-state index in [2.05, 4.69) is 26.1 Å². The average molecular weight is 273 g/mol. The molecule has 0 aliphatic rings. The second kappa shape index (κ2) is 4.11. The highest BCUT2D eigenvalue weighted by Gasteiger charge is 2.01. The number of rotatable bonds is 2. The smallest absolute Gasteiger partial charge is 0.225 e. The maximum absolute atomic E-state index is 5.81. The van der Waals surface area contributed by atoms with Crippen LogP contribution in [0.5, 0.6) is 0 Å². The maximum atomic E-state index is 5.81. The summed E-state index contributed by atoms with van der Waals surface area (Å²) in [5.74, 6) is 0. The zero-order chi connectivity index (χ0) is 9.97. The third-order valence-corrected chi connectivity index (χ3v) is 2.60. The summed E-state index contributed by atoms with van der Waals surface area (Å²) in [5, 5.41) is 7.82. The van der Waals surface area contributed by atoms with Crippen molar-refractivity contribution < 1.29 is 0 Å². The van der Waals surface area contributed by atoms with Crippen LogP contribution in [0, 0.1) is 0 Å². The summed E-state index contributed by atoms with van der Waals surface area (Å²) in [6.07, 6.45) is 1.61. The van der Waals surface area contributed by atoms with Gasteiger partial charge in [-0.25, -0.2) is 0 Å². The van der Waals surface area contributed by atoms with Gasteiger partial charge in [-0.05, 0) is 29.3 Å². The molecule has 0 amide bonds. The van der Waals surface area contributed by atoms with Crippen LogP contribution in [0.2, 0.25) is 5.28 Å². The lowest BCUT2D eigenvalue weighted by Crippen LogP contribution is -1.97. The fourth-order valence-corrected chi connectivity index (χ4v) is 1.77. The number of halogens is 2. The molecule has 72 valence electrons. The van der Waals surface area contributed by atoms with Crippen molar-refractivity contribution in [3.8, 4) is 0 Å². The Balaban J connectivity index is 2.23. The molecule has 0 aliphatic heterocycles. The van der Waals surface area contributed by atoms with Gasteiger partial charge in [0, 0.05) is 4.47 Å². The predicted octanol–water partition coefficient (Wildman–Crippen LogP) is 2.74. The summed E-state index contributed by atoms with van der Waals surface area (Å²) in [6.45, 7) is 0.686. The molecule has 2 aromatic rings. The minimum absolute atomic E-state index is 0.407. The lowest BCUT2D eigenvalue weighted by Gasteiger charge is -2.02. The summed E-state index contributed by atoms with van der Waals surface area (Å²) >= 11 is 9.22. The molecule has 0 spiro atoms. The molecule has 3 nitrogen and oxygen atoms in total. The molecule has 14 heavy (non-hydrogen) atoms. The quantitative estimate of drug-likeness (QED) is 0.841. The molecular weight excluding hydrogens is 265 g/mol. The van der Waals surface area contributed by atoms with E-state index >= 15 is 0 Å². The molecule has 1 aromatic heterocycles. The van der Waals surface area contributed by atoms with E-state index in [1.165, 1.54) is 0 Å². The van der Waals surface area contributed by atoms with Crippen molar-refractivity contribution in [3.63, 3.8) is 0 Å². The van der Waals surface area contributed by atoms with Crippen LogP contribution in [-0.2, 0) is 6.54 Å². The number of hydrogen-bond acceptors (Lipinski definition) is 2. The van der Waals surface area contributed by atoms with Crippen molar-refractivity contribution in [2.45, 2.75) is 6.54 Å². The van der Waals surface area contributed by atoms with Crippen LogP contribution in [0.3, 0.4) is 0 Å². The van der Waals surface area contributed by atoms with Crippen molar-refractivity contribution in [3.05, 3.63) is 45.9 Å². The van der Waals surface area contributed by atoms with Crippen LogP contribution in [0.25, 0.3) is 0 Å². The summed E-state index contributed by atoms with van der Waals surface area (Å²) in [5.41, 5.74) is 1.15. The summed E-state index contributed by atoms with van der Waals surface area (Å²) in [6, 6.07) is 8.03. The van der Waals surface area contributed by atoms with Crippen LogP contribution >= 0.6 is 27.5 Å². The molecule has 0 radical (unpaired) electrons. The van der Waals surface area contributed by atoms with E-state index in [4.69, 9.17) is 11.6 Å². The molecule has 0 saturated carbocycles. The van der Waals surface area contributed by atoms with Gasteiger partial charge in [0.05, 0.1) is 6.54 Å². The second-order valence-corrected chi connectivity index (χ2v) is 4.11. The summed E-state index contributed by atoms with van der Waals surface area (Å²) < 4.78 is 2.84. The third-order valence-electron chi connectivity index (χ3n) is 1.81. The van der Waals surface area contributed by atoms with Crippen molar-refractivity contribution in [2.24, 2.45) is 0 Å². The molecule has 0 N–H and O–H groups in total. The lowest BCUT2D eigenvalue weighted by molar-refractivity contribution is 0.795. The SMILES string of the molecule is Clc1nncn1Cc1cccc(Br)c1. The van der Waals surface area contributed by atoms with Gasteiger partial charge in [-0.2, -0.15) is 0 Å². The molecule has 0 aliphatic carbocycles. The molecule has 1 heterocycles. The molecule has 5 heteroatoms. The van der Waals surface area contributed by atoms with Crippen molar-refractivity contribution >= 4 is 27.5 Å². The monoisotopic (exact) mass is 271 g/mol. The molecule has 0 fully saturated rings. The molecule has 0 bridgehead atoms. The van der Waals surface area contributed by atoms with Gasteiger partial charge in [-0.3, -0.25) is 4.57 Å². The van der Waals surface area contributed by atoms with E-state index in [0.29, 0.717) is 11.8 Å². The fourth-order valence-electron chi connectivity index (χ4n) is 1.18. The van der Waals surface area contributed by atoms with E-state index < -0.39 is 0 Å². The van der Waals surface area contributed by atoms with E-state index in [-0.39, 0.29) is 0 Å². The van der Waals surface area contributed by atoms with Crippen LogP contribution in [0.1, 0.15) is 5.56 Å². The van der Waals surface area contributed by atoms with Gasteiger partial charge in [0.25, 0.3) is 0 Å². The van der Waals surface area contributed by atoms with E-state index in [1.807, 2.05) is 24.3 Å². The lowest BCUT2D eigenvalue weighted by atomic mass is 10.2. The van der Waals surface area contributed by atoms with Gasteiger partial charge in [0.2, 0.25) is 5.28 Å². The Morgan fingerprint density at radius 3 is 2.93 bits per heavy atom. The van der Waals surface area contributed by atoms with E-state index in [0.717, 1.165) is 10.0 Å². The van der Waals surface area contributed by atoms with Gasteiger partial charge < -0.3 is 0 Å². The Morgan fingerprint density at radius 2 is 2.29 bits per heavy atom.